The summed E-state index contributed by atoms with van der Waals surface area (Å²) in [6.07, 6.45) is 6.65. The molecular weight excluding hydrogens is 262 g/mol. The van der Waals surface area contributed by atoms with Crippen LogP contribution >= 0.6 is 0 Å². The van der Waals surface area contributed by atoms with Crippen molar-refractivity contribution in [3.8, 4) is 5.75 Å². The third kappa shape index (κ3) is 3.78. The van der Waals surface area contributed by atoms with Gasteiger partial charge in [0.05, 0.1) is 12.7 Å². The van der Waals surface area contributed by atoms with Crippen molar-refractivity contribution in [3.05, 3.63) is 29.8 Å². The molecular formula is C18H27NO2. The predicted molar refractivity (Wildman–Crippen MR) is 84.7 cm³/mol. The van der Waals surface area contributed by atoms with E-state index in [9.17, 15) is 0 Å². The minimum absolute atomic E-state index is 0.113. The molecule has 1 aromatic carbocycles. The van der Waals surface area contributed by atoms with E-state index < -0.39 is 0 Å². The molecule has 2 aliphatic rings. The highest BCUT2D eigenvalue weighted by atomic mass is 16.5. The lowest BCUT2D eigenvalue weighted by atomic mass is 9.90. The lowest BCUT2D eigenvalue weighted by Crippen LogP contribution is -2.40. The molecule has 1 heterocycles. The first-order valence-electron chi connectivity index (χ1n) is 8.27. The fourth-order valence-corrected chi connectivity index (χ4v) is 3.50. The van der Waals surface area contributed by atoms with Crippen molar-refractivity contribution in [2.45, 2.75) is 63.7 Å². The molecule has 1 N–H and O–H groups in total. The van der Waals surface area contributed by atoms with E-state index in [0.29, 0.717) is 12.1 Å². The van der Waals surface area contributed by atoms with Gasteiger partial charge >= 0.3 is 0 Å². The van der Waals surface area contributed by atoms with Gasteiger partial charge in [-0.3, -0.25) is 0 Å². The Morgan fingerprint density at radius 1 is 1.24 bits per heavy atom. The van der Waals surface area contributed by atoms with Crippen molar-refractivity contribution in [2.24, 2.45) is 0 Å². The highest BCUT2D eigenvalue weighted by molar-refractivity contribution is 5.38. The monoisotopic (exact) mass is 289 g/mol. The summed E-state index contributed by atoms with van der Waals surface area (Å²) in [5.74, 6) is 1.02. The third-order valence-corrected chi connectivity index (χ3v) is 4.52. The molecule has 0 aromatic heterocycles. The van der Waals surface area contributed by atoms with Crippen LogP contribution in [-0.4, -0.2) is 24.9 Å². The molecule has 0 amide bonds. The molecule has 116 valence electrons. The second-order valence-electron chi connectivity index (χ2n) is 6.89. The van der Waals surface area contributed by atoms with Gasteiger partial charge in [-0.15, -0.1) is 0 Å². The molecule has 1 aliphatic carbocycles. The van der Waals surface area contributed by atoms with Crippen molar-refractivity contribution in [1.82, 2.24) is 5.32 Å². The topological polar surface area (TPSA) is 30.5 Å². The van der Waals surface area contributed by atoms with Crippen LogP contribution in [0.25, 0.3) is 0 Å². The van der Waals surface area contributed by atoms with E-state index >= 15 is 0 Å². The van der Waals surface area contributed by atoms with Gasteiger partial charge in [-0.1, -0.05) is 31.0 Å². The molecule has 1 atom stereocenters. The van der Waals surface area contributed by atoms with E-state index in [1.165, 1.54) is 31.2 Å². The van der Waals surface area contributed by atoms with Crippen LogP contribution in [0.15, 0.2) is 24.3 Å². The number of hydrogen-bond acceptors (Lipinski definition) is 3. The highest BCUT2D eigenvalue weighted by Crippen LogP contribution is 2.39. The number of ether oxygens (including phenoxy) is 2. The van der Waals surface area contributed by atoms with Gasteiger partial charge in [0.2, 0.25) is 0 Å². The molecule has 0 radical (unpaired) electrons. The van der Waals surface area contributed by atoms with E-state index in [4.69, 9.17) is 9.47 Å². The molecule has 0 saturated heterocycles. The van der Waals surface area contributed by atoms with Crippen LogP contribution in [-0.2, 0) is 4.74 Å². The quantitative estimate of drug-likeness (QED) is 0.835. The summed E-state index contributed by atoms with van der Waals surface area (Å²) in [5.41, 5.74) is 1.16. The van der Waals surface area contributed by atoms with Crippen LogP contribution in [0, 0.1) is 0 Å². The Labute approximate surface area is 128 Å². The SMILES string of the molecule is CC1(C)CC(NCCOC2CCCC2)c2ccccc2O1. The van der Waals surface area contributed by atoms with E-state index in [1.54, 1.807) is 0 Å². The maximum Gasteiger partial charge on any atom is 0.124 e. The van der Waals surface area contributed by atoms with Crippen LogP contribution in [0.3, 0.4) is 0 Å². The van der Waals surface area contributed by atoms with E-state index in [2.05, 4.69) is 37.4 Å². The summed E-state index contributed by atoms with van der Waals surface area (Å²) in [6.45, 7) is 6.04. The number of rotatable bonds is 5. The minimum Gasteiger partial charge on any atom is -0.487 e. The normalized spacial score (nSPS) is 24.6. The summed E-state index contributed by atoms with van der Waals surface area (Å²) in [7, 11) is 0. The average molecular weight is 289 g/mol. The maximum absolute atomic E-state index is 6.07. The largest absolute Gasteiger partial charge is 0.487 e. The van der Waals surface area contributed by atoms with Crippen molar-refractivity contribution in [3.63, 3.8) is 0 Å². The first kappa shape index (κ1) is 14.9. The summed E-state index contributed by atoms with van der Waals surface area (Å²) in [6, 6.07) is 8.72. The lowest BCUT2D eigenvalue weighted by molar-refractivity contribution is 0.0473. The highest BCUT2D eigenvalue weighted by Gasteiger charge is 2.33. The van der Waals surface area contributed by atoms with Gasteiger partial charge in [0.1, 0.15) is 11.4 Å². The zero-order valence-electron chi connectivity index (χ0n) is 13.2. The van der Waals surface area contributed by atoms with Gasteiger partial charge < -0.3 is 14.8 Å². The number of hydrogen-bond donors (Lipinski definition) is 1. The Bertz CT molecular complexity index is 466. The summed E-state index contributed by atoms with van der Waals surface area (Å²) in [4.78, 5) is 0. The third-order valence-electron chi connectivity index (χ3n) is 4.52. The summed E-state index contributed by atoms with van der Waals surface area (Å²) < 4.78 is 12.0. The standard InChI is InChI=1S/C18H27NO2/c1-18(2)13-16(15-9-5-6-10-17(15)21-18)19-11-12-20-14-7-3-4-8-14/h5-6,9-10,14,16,19H,3-4,7-8,11-13H2,1-2H3. The van der Waals surface area contributed by atoms with Gasteiger partial charge in [0.25, 0.3) is 0 Å². The Balaban J connectivity index is 1.54. The molecule has 0 bridgehead atoms. The van der Waals surface area contributed by atoms with Crippen molar-refractivity contribution in [2.75, 3.05) is 13.2 Å². The zero-order valence-corrected chi connectivity index (χ0v) is 13.2. The molecule has 1 aromatic rings. The Morgan fingerprint density at radius 3 is 2.81 bits per heavy atom. The van der Waals surface area contributed by atoms with Gasteiger partial charge in [-0.05, 0) is 32.8 Å². The van der Waals surface area contributed by atoms with Crippen molar-refractivity contribution in [1.29, 1.82) is 0 Å². The molecule has 21 heavy (non-hydrogen) atoms. The first-order valence-corrected chi connectivity index (χ1v) is 8.27. The van der Waals surface area contributed by atoms with Gasteiger partial charge in [-0.2, -0.15) is 0 Å². The Kier molecular flexibility index (Phi) is 4.51. The molecule has 1 unspecified atom stereocenters. The number of para-hydroxylation sites is 1. The second-order valence-corrected chi connectivity index (χ2v) is 6.89. The predicted octanol–water partition coefficient (Wildman–Crippen LogP) is 3.84. The van der Waals surface area contributed by atoms with E-state index in [0.717, 1.165) is 25.3 Å². The second kappa shape index (κ2) is 6.37. The van der Waals surface area contributed by atoms with Crippen LogP contribution < -0.4 is 10.1 Å². The van der Waals surface area contributed by atoms with Gasteiger partial charge in [-0.25, -0.2) is 0 Å². The van der Waals surface area contributed by atoms with Crippen molar-refractivity contribution < 1.29 is 9.47 Å². The Hall–Kier alpha value is -1.06. The van der Waals surface area contributed by atoms with Crippen LogP contribution in [0.4, 0.5) is 0 Å². The molecule has 1 aliphatic heterocycles. The fourth-order valence-electron chi connectivity index (χ4n) is 3.50. The summed E-state index contributed by atoms with van der Waals surface area (Å²) in [5, 5.41) is 3.65. The molecule has 3 nitrogen and oxygen atoms in total. The van der Waals surface area contributed by atoms with Gasteiger partial charge in [0.15, 0.2) is 0 Å². The first-order chi connectivity index (χ1) is 10.1. The van der Waals surface area contributed by atoms with Crippen molar-refractivity contribution >= 4 is 0 Å². The molecule has 1 fully saturated rings. The molecule has 0 spiro atoms. The summed E-state index contributed by atoms with van der Waals surface area (Å²) >= 11 is 0. The van der Waals surface area contributed by atoms with Gasteiger partial charge in [0, 0.05) is 24.6 Å². The minimum atomic E-state index is -0.113. The fraction of sp³-hybridized carbons (Fsp3) is 0.667. The number of fused-ring (bicyclic) bond motifs is 1. The van der Waals surface area contributed by atoms with Crippen LogP contribution in [0.5, 0.6) is 5.75 Å². The molecule has 3 heteroatoms. The molecule has 1 saturated carbocycles. The van der Waals surface area contributed by atoms with E-state index in [-0.39, 0.29) is 5.60 Å². The van der Waals surface area contributed by atoms with E-state index in [1.807, 2.05) is 6.07 Å². The molecule has 3 rings (SSSR count). The maximum atomic E-state index is 6.07. The zero-order chi connectivity index (χ0) is 14.7. The average Bonchev–Trinajstić information content (AvgIpc) is 2.95. The van der Waals surface area contributed by atoms with Crippen LogP contribution in [0.2, 0.25) is 0 Å². The Morgan fingerprint density at radius 2 is 2.00 bits per heavy atom. The lowest BCUT2D eigenvalue weighted by Gasteiger charge is -2.38. The smallest absolute Gasteiger partial charge is 0.124 e. The number of nitrogens with one attached hydrogen (secondary N) is 1. The van der Waals surface area contributed by atoms with Crippen LogP contribution in [0.1, 0.15) is 57.6 Å². The number of benzene rings is 1.